The van der Waals surface area contributed by atoms with Crippen LogP contribution in [0.4, 0.5) is 0 Å². The minimum Gasteiger partial charge on any atom is -0.462 e. The summed E-state index contributed by atoms with van der Waals surface area (Å²) in [5.41, 5.74) is 0.296. The van der Waals surface area contributed by atoms with Crippen LogP contribution in [0.5, 0.6) is 0 Å². The van der Waals surface area contributed by atoms with Gasteiger partial charge < -0.3 is 23.7 Å². The third-order valence-electron chi connectivity index (χ3n) is 7.42. The summed E-state index contributed by atoms with van der Waals surface area (Å²) in [6.07, 6.45) is -0.398. The minimum atomic E-state index is -0.925. The SMILES string of the molecule is CC1(C)OC[C@@]2(C[C@@H](OC(=O)c3ccccc3)[C@H](COC(=O)c3ccccc3)[C@@H]2COC(=O)c2ccccc2)O1. The second-order valence-corrected chi connectivity index (χ2v) is 10.6. The average molecular weight is 545 g/mol. The van der Waals surface area contributed by atoms with Crippen molar-refractivity contribution in [2.24, 2.45) is 11.8 Å². The molecular weight excluding hydrogens is 512 g/mol. The Kier molecular flexibility index (Phi) is 8.00. The van der Waals surface area contributed by atoms with E-state index in [2.05, 4.69) is 0 Å². The van der Waals surface area contributed by atoms with E-state index in [-0.39, 0.29) is 26.2 Å². The molecule has 8 nitrogen and oxygen atoms in total. The Labute approximate surface area is 233 Å². The molecular formula is C32H32O8. The van der Waals surface area contributed by atoms with Gasteiger partial charge in [-0.05, 0) is 50.2 Å². The zero-order valence-corrected chi connectivity index (χ0v) is 22.5. The topological polar surface area (TPSA) is 97.4 Å². The quantitative estimate of drug-likeness (QED) is 0.286. The number of rotatable bonds is 8. The van der Waals surface area contributed by atoms with E-state index in [0.29, 0.717) is 16.7 Å². The highest BCUT2D eigenvalue weighted by Crippen LogP contribution is 2.50. The van der Waals surface area contributed by atoms with Crippen LogP contribution in [-0.2, 0) is 23.7 Å². The molecule has 1 saturated carbocycles. The second kappa shape index (κ2) is 11.6. The Balaban J connectivity index is 1.42. The third-order valence-corrected chi connectivity index (χ3v) is 7.42. The minimum absolute atomic E-state index is 0.0416. The van der Waals surface area contributed by atoms with Crippen LogP contribution in [-0.4, -0.2) is 55.2 Å². The molecule has 8 heteroatoms. The normalized spacial score (nSPS) is 24.9. The summed E-state index contributed by atoms with van der Waals surface area (Å²) in [6, 6.07) is 26.0. The van der Waals surface area contributed by atoms with E-state index in [1.54, 1.807) is 72.8 Å². The Morgan fingerprint density at radius 2 is 1.20 bits per heavy atom. The van der Waals surface area contributed by atoms with Gasteiger partial charge in [0.05, 0.1) is 36.5 Å². The Bertz CT molecular complexity index is 1320. The van der Waals surface area contributed by atoms with Gasteiger partial charge in [-0.1, -0.05) is 54.6 Å². The van der Waals surface area contributed by atoms with Crippen molar-refractivity contribution in [3.8, 4) is 0 Å². The van der Waals surface area contributed by atoms with Gasteiger partial charge in [0.1, 0.15) is 11.7 Å². The summed E-state index contributed by atoms with van der Waals surface area (Å²) in [5, 5.41) is 0. The summed E-state index contributed by atoms with van der Waals surface area (Å²) in [4.78, 5) is 38.8. The summed E-state index contributed by atoms with van der Waals surface area (Å²) in [7, 11) is 0. The molecule has 0 radical (unpaired) electrons. The standard InChI is InChI=1S/C32H32O8/c1-31(2)38-21-32(40-31)18-27(39-30(35)24-16-10-5-11-17-24)25(19-36-28(33)22-12-6-3-7-13-22)26(32)20-37-29(34)23-14-8-4-9-15-23/h3-17,25-27H,18-21H2,1-2H3/t25-,26+,27-,32-/m1/s1. The molecule has 0 unspecified atom stereocenters. The van der Waals surface area contributed by atoms with Gasteiger partial charge in [-0.15, -0.1) is 0 Å². The maximum atomic E-state index is 13.1. The molecule has 40 heavy (non-hydrogen) atoms. The number of hydrogen-bond donors (Lipinski definition) is 0. The van der Waals surface area contributed by atoms with E-state index in [1.165, 1.54) is 0 Å². The van der Waals surface area contributed by atoms with E-state index in [0.717, 1.165) is 0 Å². The molecule has 5 rings (SSSR count). The van der Waals surface area contributed by atoms with Crippen molar-refractivity contribution in [1.82, 2.24) is 0 Å². The average Bonchev–Trinajstić information content (AvgIpc) is 3.44. The van der Waals surface area contributed by atoms with Gasteiger partial charge in [0.2, 0.25) is 0 Å². The largest absolute Gasteiger partial charge is 0.462 e. The van der Waals surface area contributed by atoms with Crippen molar-refractivity contribution in [3.63, 3.8) is 0 Å². The number of esters is 3. The molecule has 1 aliphatic carbocycles. The lowest BCUT2D eigenvalue weighted by Crippen LogP contribution is -2.43. The molecule has 1 saturated heterocycles. The first-order valence-electron chi connectivity index (χ1n) is 13.3. The number of carbonyl (C=O) groups is 3. The second-order valence-electron chi connectivity index (χ2n) is 10.6. The van der Waals surface area contributed by atoms with E-state index >= 15 is 0 Å². The van der Waals surface area contributed by atoms with Crippen molar-refractivity contribution >= 4 is 17.9 Å². The lowest BCUT2D eigenvalue weighted by atomic mass is 9.87. The smallest absolute Gasteiger partial charge is 0.338 e. The van der Waals surface area contributed by atoms with Crippen LogP contribution in [0.3, 0.4) is 0 Å². The van der Waals surface area contributed by atoms with Gasteiger partial charge in [0.15, 0.2) is 5.79 Å². The van der Waals surface area contributed by atoms with Crippen LogP contribution in [0, 0.1) is 11.8 Å². The highest BCUT2D eigenvalue weighted by Gasteiger charge is 2.62. The first-order valence-corrected chi connectivity index (χ1v) is 13.3. The zero-order valence-electron chi connectivity index (χ0n) is 22.5. The maximum Gasteiger partial charge on any atom is 0.338 e. The van der Waals surface area contributed by atoms with E-state index in [1.807, 2.05) is 32.0 Å². The molecule has 3 aromatic carbocycles. The number of ether oxygens (including phenoxy) is 5. The Morgan fingerprint density at radius 3 is 1.68 bits per heavy atom. The predicted octanol–water partition coefficient (Wildman–Crippen LogP) is 5.08. The fraction of sp³-hybridized carbons (Fsp3) is 0.344. The highest BCUT2D eigenvalue weighted by molar-refractivity contribution is 5.90. The highest BCUT2D eigenvalue weighted by atomic mass is 16.8. The van der Waals surface area contributed by atoms with Gasteiger partial charge in [-0.2, -0.15) is 0 Å². The Morgan fingerprint density at radius 1 is 0.725 bits per heavy atom. The molecule has 1 spiro atoms. The van der Waals surface area contributed by atoms with Gasteiger partial charge in [0.25, 0.3) is 0 Å². The third kappa shape index (κ3) is 6.08. The molecule has 1 aliphatic heterocycles. The monoisotopic (exact) mass is 544 g/mol. The molecule has 0 amide bonds. The van der Waals surface area contributed by atoms with Crippen molar-refractivity contribution in [1.29, 1.82) is 0 Å². The molecule has 0 aromatic heterocycles. The van der Waals surface area contributed by atoms with Gasteiger partial charge in [-0.25, -0.2) is 14.4 Å². The van der Waals surface area contributed by atoms with Crippen LogP contribution in [0.2, 0.25) is 0 Å². The van der Waals surface area contributed by atoms with Crippen LogP contribution >= 0.6 is 0 Å². The van der Waals surface area contributed by atoms with Crippen molar-refractivity contribution in [3.05, 3.63) is 108 Å². The van der Waals surface area contributed by atoms with Crippen LogP contribution in [0.15, 0.2) is 91.0 Å². The van der Waals surface area contributed by atoms with E-state index in [4.69, 9.17) is 23.7 Å². The van der Waals surface area contributed by atoms with Crippen molar-refractivity contribution < 1.29 is 38.1 Å². The van der Waals surface area contributed by atoms with Gasteiger partial charge in [-0.3, -0.25) is 0 Å². The maximum absolute atomic E-state index is 13.1. The van der Waals surface area contributed by atoms with Crippen molar-refractivity contribution in [2.75, 3.05) is 19.8 Å². The van der Waals surface area contributed by atoms with E-state index < -0.39 is 47.2 Å². The van der Waals surface area contributed by atoms with Gasteiger partial charge >= 0.3 is 17.9 Å². The molecule has 3 aromatic rings. The lowest BCUT2D eigenvalue weighted by molar-refractivity contribution is -0.174. The molecule has 2 fully saturated rings. The molecule has 2 aliphatic rings. The molecule has 0 N–H and O–H groups in total. The first kappa shape index (κ1) is 27.6. The van der Waals surface area contributed by atoms with Crippen molar-refractivity contribution in [2.45, 2.75) is 37.8 Å². The summed E-state index contributed by atoms with van der Waals surface area (Å²) < 4.78 is 29.9. The Hall–Kier alpha value is -4.01. The first-order chi connectivity index (χ1) is 19.3. The lowest BCUT2D eigenvalue weighted by Gasteiger charge is -2.32. The molecule has 208 valence electrons. The zero-order chi connectivity index (χ0) is 28.2. The van der Waals surface area contributed by atoms with Crippen LogP contribution < -0.4 is 0 Å². The number of hydrogen-bond acceptors (Lipinski definition) is 8. The summed E-state index contributed by atoms with van der Waals surface area (Å²) in [5.74, 6) is -3.40. The fourth-order valence-corrected chi connectivity index (χ4v) is 5.48. The molecule has 4 atom stereocenters. The van der Waals surface area contributed by atoms with Gasteiger partial charge in [0, 0.05) is 18.3 Å². The number of carbonyl (C=O) groups excluding carboxylic acids is 3. The predicted molar refractivity (Wildman–Crippen MR) is 145 cm³/mol. The van der Waals surface area contributed by atoms with Crippen LogP contribution in [0.25, 0.3) is 0 Å². The molecule has 1 heterocycles. The summed E-state index contributed by atoms with van der Waals surface area (Å²) in [6.45, 7) is 3.71. The number of benzene rings is 3. The summed E-state index contributed by atoms with van der Waals surface area (Å²) >= 11 is 0. The molecule has 0 bridgehead atoms. The van der Waals surface area contributed by atoms with Crippen LogP contribution in [0.1, 0.15) is 51.3 Å². The fourth-order valence-electron chi connectivity index (χ4n) is 5.48. The van der Waals surface area contributed by atoms with E-state index in [9.17, 15) is 14.4 Å².